The quantitative estimate of drug-likeness (QED) is 0.727. The Kier molecular flexibility index (Phi) is 3.24. The maximum absolute atomic E-state index is 11.3. The lowest BCUT2D eigenvalue weighted by Crippen LogP contribution is -2.24. The number of methoxy groups -OCH3 is 1. The SMILES string of the molecule is COC(=O)[C@@H]1CCN(c2ncc(Cl)cn2)C1. The third-order valence-electron chi connectivity index (χ3n) is 2.61. The van der Waals surface area contributed by atoms with Gasteiger partial charge in [-0.15, -0.1) is 0 Å². The Balaban J connectivity index is 2.03. The van der Waals surface area contributed by atoms with Crippen molar-refractivity contribution in [2.24, 2.45) is 5.92 Å². The summed E-state index contributed by atoms with van der Waals surface area (Å²) in [5, 5.41) is 0.507. The van der Waals surface area contributed by atoms with Crippen LogP contribution in [0.15, 0.2) is 12.4 Å². The van der Waals surface area contributed by atoms with Gasteiger partial charge in [-0.3, -0.25) is 4.79 Å². The first-order chi connectivity index (χ1) is 7.70. The number of carbonyl (C=O) groups is 1. The number of esters is 1. The molecule has 1 aromatic rings. The van der Waals surface area contributed by atoms with Crippen LogP contribution in [0.4, 0.5) is 5.95 Å². The summed E-state index contributed by atoms with van der Waals surface area (Å²) in [6.45, 7) is 1.37. The van der Waals surface area contributed by atoms with Gasteiger partial charge >= 0.3 is 5.97 Å². The van der Waals surface area contributed by atoms with Crippen molar-refractivity contribution in [2.45, 2.75) is 6.42 Å². The smallest absolute Gasteiger partial charge is 0.310 e. The molecule has 0 bridgehead atoms. The van der Waals surface area contributed by atoms with Crippen LogP contribution in [0.1, 0.15) is 6.42 Å². The summed E-state index contributed by atoms with van der Waals surface area (Å²) < 4.78 is 4.71. The minimum Gasteiger partial charge on any atom is -0.469 e. The van der Waals surface area contributed by atoms with E-state index in [-0.39, 0.29) is 11.9 Å². The van der Waals surface area contributed by atoms with Crippen molar-refractivity contribution in [2.75, 3.05) is 25.1 Å². The van der Waals surface area contributed by atoms with Crippen LogP contribution < -0.4 is 4.90 Å². The third kappa shape index (κ3) is 2.24. The molecule has 0 unspecified atom stereocenters. The molecule has 2 rings (SSSR count). The van der Waals surface area contributed by atoms with Crippen LogP contribution in [0, 0.1) is 5.92 Å². The molecule has 16 heavy (non-hydrogen) atoms. The van der Waals surface area contributed by atoms with Crippen LogP contribution in [-0.4, -0.2) is 36.1 Å². The standard InChI is InChI=1S/C10H12ClN3O2/c1-16-9(15)7-2-3-14(6-7)10-12-4-8(11)5-13-10/h4-5,7H,2-3,6H2,1H3/t7-/m1/s1. The molecule has 0 radical (unpaired) electrons. The van der Waals surface area contributed by atoms with Gasteiger partial charge in [-0.1, -0.05) is 11.6 Å². The van der Waals surface area contributed by atoms with E-state index < -0.39 is 0 Å². The van der Waals surface area contributed by atoms with Gasteiger partial charge in [0.1, 0.15) is 0 Å². The van der Waals surface area contributed by atoms with Crippen LogP contribution in [0.25, 0.3) is 0 Å². The maximum atomic E-state index is 11.3. The lowest BCUT2D eigenvalue weighted by atomic mass is 10.1. The monoisotopic (exact) mass is 241 g/mol. The van der Waals surface area contributed by atoms with Crippen LogP contribution in [-0.2, 0) is 9.53 Å². The molecule has 0 saturated carbocycles. The Labute approximate surface area is 98.4 Å². The molecule has 0 aromatic carbocycles. The largest absolute Gasteiger partial charge is 0.469 e. The molecule has 5 nitrogen and oxygen atoms in total. The zero-order valence-electron chi connectivity index (χ0n) is 8.89. The highest BCUT2D eigenvalue weighted by atomic mass is 35.5. The minimum atomic E-state index is -0.170. The number of hydrogen-bond acceptors (Lipinski definition) is 5. The molecule has 1 saturated heterocycles. The molecule has 0 amide bonds. The first kappa shape index (κ1) is 11.1. The normalized spacial score (nSPS) is 19.9. The van der Waals surface area contributed by atoms with Gasteiger partial charge in [0.15, 0.2) is 0 Å². The van der Waals surface area contributed by atoms with Crippen molar-refractivity contribution in [1.29, 1.82) is 0 Å². The Morgan fingerprint density at radius 1 is 1.56 bits per heavy atom. The molecule has 1 aliphatic rings. The number of halogens is 1. The van der Waals surface area contributed by atoms with E-state index in [1.165, 1.54) is 7.11 Å². The van der Waals surface area contributed by atoms with Gasteiger partial charge in [-0.2, -0.15) is 0 Å². The number of rotatable bonds is 2. The van der Waals surface area contributed by atoms with Crippen LogP contribution in [0.3, 0.4) is 0 Å². The van der Waals surface area contributed by atoms with Crippen molar-refractivity contribution in [3.8, 4) is 0 Å². The van der Waals surface area contributed by atoms with Gasteiger partial charge in [0.2, 0.25) is 5.95 Å². The number of aromatic nitrogens is 2. The summed E-state index contributed by atoms with van der Waals surface area (Å²) in [5.41, 5.74) is 0. The maximum Gasteiger partial charge on any atom is 0.310 e. The van der Waals surface area contributed by atoms with E-state index >= 15 is 0 Å². The molecule has 86 valence electrons. The average molecular weight is 242 g/mol. The highest BCUT2D eigenvalue weighted by Gasteiger charge is 2.30. The van der Waals surface area contributed by atoms with Gasteiger partial charge in [-0.05, 0) is 6.42 Å². The fourth-order valence-corrected chi connectivity index (χ4v) is 1.87. The van der Waals surface area contributed by atoms with E-state index in [1.807, 2.05) is 4.90 Å². The summed E-state index contributed by atoms with van der Waals surface area (Å²) >= 11 is 5.70. The Hall–Kier alpha value is -1.36. The molecular formula is C10H12ClN3O2. The topological polar surface area (TPSA) is 55.3 Å². The molecule has 1 atom stereocenters. The molecule has 0 spiro atoms. The van der Waals surface area contributed by atoms with Crippen molar-refractivity contribution in [3.63, 3.8) is 0 Å². The van der Waals surface area contributed by atoms with E-state index in [0.29, 0.717) is 17.5 Å². The molecule has 1 aliphatic heterocycles. The van der Waals surface area contributed by atoms with Crippen molar-refractivity contribution in [3.05, 3.63) is 17.4 Å². The average Bonchev–Trinajstić information content (AvgIpc) is 2.78. The molecule has 2 heterocycles. The summed E-state index contributed by atoms with van der Waals surface area (Å²) in [6, 6.07) is 0. The van der Waals surface area contributed by atoms with Crippen LogP contribution in [0.5, 0.6) is 0 Å². The zero-order chi connectivity index (χ0) is 11.5. The fraction of sp³-hybridized carbons (Fsp3) is 0.500. The second kappa shape index (κ2) is 4.65. The van der Waals surface area contributed by atoms with Gasteiger partial charge < -0.3 is 9.64 Å². The van der Waals surface area contributed by atoms with Crippen molar-refractivity contribution >= 4 is 23.5 Å². The van der Waals surface area contributed by atoms with E-state index in [0.717, 1.165) is 13.0 Å². The first-order valence-corrected chi connectivity index (χ1v) is 5.39. The number of nitrogens with zero attached hydrogens (tertiary/aromatic N) is 3. The first-order valence-electron chi connectivity index (χ1n) is 5.01. The Morgan fingerprint density at radius 3 is 2.88 bits per heavy atom. The summed E-state index contributed by atoms with van der Waals surface area (Å²) in [5.74, 6) is 0.358. The number of anilines is 1. The molecular weight excluding hydrogens is 230 g/mol. The second-order valence-electron chi connectivity index (χ2n) is 3.66. The summed E-state index contributed by atoms with van der Waals surface area (Å²) in [6.07, 6.45) is 3.88. The Bertz CT molecular complexity index is 382. The lowest BCUT2D eigenvalue weighted by molar-refractivity contribution is -0.144. The van der Waals surface area contributed by atoms with E-state index in [4.69, 9.17) is 16.3 Å². The van der Waals surface area contributed by atoms with E-state index in [2.05, 4.69) is 9.97 Å². The predicted octanol–water partition coefficient (Wildman–Crippen LogP) is 1.13. The number of ether oxygens (including phenoxy) is 1. The number of carbonyl (C=O) groups excluding carboxylic acids is 1. The minimum absolute atomic E-state index is 0.0794. The number of hydrogen-bond donors (Lipinski definition) is 0. The van der Waals surface area contributed by atoms with Crippen molar-refractivity contribution < 1.29 is 9.53 Å². The molecule has 6 heteroatoms. The molecule has 1 fully saturated rings. The molecule has 1 aromatic heterocycles. The summed E-state index contributed by atoms with van der Waals surface area (Å²) in [7, 11) is 1.41. The highest BCUT2D eigenvalue weighted by Crippen LogP contribution is 2.21. The lowest BCUT2D eigenvalue weighted by Gasteiger charge is -2.15. The molecule has 0 N–H and O–H groups in total. The van der Waals surface area contributed by atoms with Gasteiger partial charge in [0, 0.05) is 13.1 Å². The van der Waals surface area contributed by atoms with Crippen LogP contribution in [0.2, 0.25) is 5.02 Å². The Morgan fingerprint density at radius 2 is 2.25 bits per heavy atom. The highest BCUT2D eigenvalue weighted by molar-refractivity contribution is 6.30. The predicted molar refractivity (Wildman–Crippen MR) is 59.4 cm³/mol. The molecule has 0 aliphatic carbocycles. The van der Waals surface area contributed by atoms with E-state index in [9.17, 15) is 4.79 Å². The van der Waals surface area contributed by atoms with Gasteiger partial charge in [0.05, 0.1) is 30.4 Å². The van der Waals surface area contributed by atoms with Crippen LogP contribution >= 0.6 is 11.6 Å². The second-order valence-corrected chi connectivity index (χ2v) is 4.09. The van der Waals surface area contributed by atoms with Gasteiger partial charge in [-0.25, -0.2) is 9.97 Å². The van der Waals surface area contributed by atoms with Crippen molar-refractivity contribution in [1.82, 2.24) is 9.97 Å². The van der Waals surface area contributed by atoms with E-state index in [1.54, 1.807) is 12.4 Å². The third-order valence-corrected chi connectivity index (χ3v) is 2.81. The summed E-state index contributed by atoms with van der Waals surface area (Å²) in [4.78, 5) is 21.5. The van der Waals surface area contributed by atoms with Gasteiger partial charge in [0.25, 0.3) is 0 Å². The zero-order valence-corrected chi connectivity index (χ0v) is 9.65. The fourth-order valence-electron chi connectivity index (χ4n) is 1.77.